The SMILES string of the molecule is Cc1nc2c(C)cc(CC=O)cc2o1. The van der Waals surface area contributed by atoms with Crippen LogP contribution in [0.3, 0.4) is 0 Å². The second-order valence-corrected chi connectivity index (χ2v) is 3.36. The van der Waals surface area contributed by atoms with Crippen molar-refractivity contribution in [2.45, 2.75) is 20.3 Å². The van der Waals surface area contributed by atoms with E-state index >= 15 is 0 Å². The van der Waals surface area contributed by atoms with Crippen molar-refractivity contribution in [2.24, 2.45) is 0 Å². The number of hydrogen-bond acceptors (Lipinski definition) is 3. The fourth-order valence-corrected chi connectivity index (χ4v) is 1.59. The van der Waals surface area contributed by atoms with Crippen LogP contribution in [-0.4, -0.2) is 11.3 Å². The van der Waals surface area contributed by atoms with Crippen LogP contribution in [0.1, 0.15) is 17.0 Å². The molecule has 0 bridgehead atoms. The number of carbonyl (C=O) groups is 1. The van der Waals surface area contributed by atoms with E-state index in [1.54, 1.807) is 0 Å². The highest BCUT2D eigenvalue weighted by molar-refractivity contribution is 5.78. The van der Waals surface area contributed by atoms with E-state index in [4.69, 9.17) is 4.42 Å². The number of nitrogens with zero attached hydrogens (tertiary/aromatic N) is 1. The van der Waals surface area contributed by atoms with Crippen LogP contribution in [0.15, 0.2) is 16.5 Å². The normalized spacial score (nSPS) is 10.7. The van der Waals surface area contributed by atoms with Gasteiger partial charge in [-0.05, 0) is 24.1 Å². The molecular formula is C11H11NO2. The lowest BCUT2D eigenvalue weighted by atomic mass is 10.1. The standard InChI is InChI=1S/C11H11NO2/c1-7-5-9(3-4-13)6-10-11(7)12-8(2)14-10/h4-6H,3H2,1-2H3. The van der Waals surface area contributed by atoms with Gasteiger partial charge in [-0.15, -0.1) is 0 Å². The molecule has 0 aliphatic rings. The van der Waals surface area contributed by atoms with Gasteiger partial charge in [0.05, 0.1) is 0 Å². The third-order valence-electron chi connectivity index (χ3n) is 2.17. The molecule has 0 N–H and O–H groups in total. The first-order valence-corrected chi connectivity index (χ1v) is 4.51. The van der Waals surface area contributed by atoms with Crippen LogP contribution < -0.4 is 0 Å². The summed E-state index contributed by atoms with van der Waals surface area (Å²) in [7, 11) is 0. The van der Waals surface area contributed by atoms with Crippen LogP contribution in [0.2, 0.25) is 0 Å². The van der Waals surface area contributed by atoms with Gasteiger partial charge in [-0.1, -0.05) is 6.07 Å². The Bertz CT molecular complexity index is 485. The molecular weight excluding hydrogens is 178 g/mol. The summed E-state index contributed by atoms with van der Waals surface area (Å²) < 4.78 is 5.41. The van der Waals surface area contributed by atoms with E-state index in [9.17, 15) is 4.79 Å². The summed E-state index contributed by atoms with van der Waals surface area (Å²) >= 11 is 0. The van der Waals surface area contributed by atoms with E-state index in [-0.39, 0.29) is 0 Å². The number of aryl methyl sites for hydroxylation is 2. The van der Waals surface area contributed by atoms with Gasteiger partial charge in [0.25, 0.3) is 0 Å². The molecule has 0 spiro atoms. The van der Waals surface area contributed by atoms with Crippen molar-refractivity contribution in [3.8, 4) is 0 Å². The van der Waals surface area contributed by atoms with Gasteiger partial charge < -0.3 is 9.21 Å². The Morgan fingerprint density at radius 3 is 2.93 bits per heavy atom. The van der Waals surface area contributed by atoms with Gasteiger partial charge in [0.15, 0.2) is 11.5 Å². The average Bonchev–Trinajstić information content (AvgIpc) is 2.47. The molecule has 3 nitrogen and oxygen atoms in total. The molecule has 0 saturated carbocycles. The number of oxazole rings is 1. The van der Waals surface area contributed by atoms with Gasteiger partial charge in [-0.25, -0.2) is 4.98 Å². The molecule has 1 aromatic heterocycles. The smallest absolute Gasteiger partial charge is 0.192 e. The minimum absolute atomic E-state index is 0.427. The zero-order valence-corrected chi connectivity index (χ0v) is 8.20. The van der Waals surface area contributed by atoms with Crippen molar-refractivity contribution in [1.29, 1.82) is 0 Å². The van der Waals surface area contributed by atoms with Crippen molar-refractivity contribution in [1.82, 2.24) is 4.98 Å². The molecule has 14 heavy (non-hydrogen) atoms. The van der Waals surface area contributed by atoms with E-state index in [0.29, 0.717) is 12.3 Å². The minimum Gasteiger partial charge on any atom is -0.441 e. The number of rotatable bonds is 2. The highest BCUT2D eigenvalue weighted by atomic mass is 16.3. The molecule has 0 atom stereocenters. The average molecular weight is 189 g/mol. The Balaban J connectivity index is 2.64. The Morgan fingerprint density at radius 2 is 2.21 bits per heavy atom. The van der Waals surface area contributed by atoms with E-state index < -0.39 is 0 Å². The van der Waals surface area contributed by atoms with Gasteiger partial charge in [0, 0.05) is 13.3 Å². The molecule has 0 saturated heterocycles. The summed E-state index contributed by atoms with van der Waals surface area (Å²) in [6.07, 6.45) is 1.32. The van der Waals surface area contributed by atoms with Gasteiger partial charge in [-0.3, -0.25) is 0 Å². The Kier molecular flexibility index (Phi) is 2.08. The Labute approximate surface area is 81.7 Å². The Morgan fingerprint density at radius 1 is 1.43 bits per heavy atom. The zero-order valence-electron chi connectivity index (χ0n) is 8.20. The summed E-state index contributed by atoms with van der Waals surface area (Å²) in [4.78, 5) is 14.6. The fraction of sp³-hybridized carbons (Fsp3) is 0.273. The number of fused-ring (bicyclic) bond motifs is 1. The molecule has 1 aromatic carbocycles. The van der Waals surface area contributed by atoms with Crippen molar-refractivity contribution in [3.05, 3.63) is 29.2 Å². The van der Waals surface area contributed by atoms with Crippen LogP contribution in [0, 0.1) is 13.8 Å². The summed E-state index contributed by atoms with van der Waals surface area (Å²) in [6, 6.07) is 3.84. The Hall–Kier alpha value is -1.64. The second-order valence-electron chi connectivity index (χ2n) is 3.36. The first-order valence-electron chi connectivity index (χ1n) is 4.51. The topological polar surface area (TPSA) is 43.1 Å². The van der Waals surface area contributed by atoms with Crippen molar-refractivity contribution in [3.63, 3.8) is 0 Å². The third-order valence-corrected chi connectivity index (χ3v) is 2.17. The predicted molar refractivity (Wildman–Crippen MR) is 53.3 cm³/mol. The molecule has 0 aliphatic heterocycles. The number of carbonyl (C=O) groups excluding carboxylic acids is 1. The van der Waals surface area contributed by atoms with Crippen molar-refractivity contribution >= 4 is 17.4 Å². The van der Waals surface area contributed by atoms with Crippen LogP contribution in [-0.2, 0) is 11.2 Å². The summed E-state index contributed by atoms with van der Waals surface area (Å²) in [5.74, 6) is 0.659. The second kappa shape index (κ2) is 3.25. The van der Waals surface area contributed by atoms with Gasteiger partial charge in [0.2, 0.25) is 0 Å². The van der Waals surface area contributed by atoms with Crippen LogP contribution >= 0.6 is 0 Å². The lowest BCUT2D eigenvalue weighted by molar-refractivity contribution is -0.107. The first-order chi connectivity index (χ1) is 6.70. The van der Waals surface area contributed by atoms with E-state index in [1.165, 1.54) is 0 Å². The number of aromatic nitrogens is 1. The first kappa shape index (κ1) is 8.94. The molecule has 3 heteroatoms. The molecule has 0 amide bonds. The van der Waals surface area contributed by atoms with Gasteiger partial charge >= 0.3 is 0 Å². The summed E-state index contributed by atoms with van der Waals surface area (Å²) in [5, 5.41) is 0. The highest BCUT2D eigenvalue weighted by Crippen LogP contribution is 2.21. The number of benzene rings is 1. The quantitative estimate of drug-likeness (QED) is 0.680. The molecule has 2 rings (SSSR count). The number of hydrogen-bond donors (Lipinski definition) is 0. The van der Waals surface area contributed by atoms with Gasteiger partial charge in [-0.2, -0.15) is 0 Å². The number of aldehydes is 1. The van der Waals surface area contributed by atoms with E-state index in [1.807, 2.05) is 26.0 Å². The summed E-state index contributed by atoms with van der Waals surface area (Å²) in [6.45, 7) is 3.79. The van der Waals surface area contributed by atoms with Crippen LogP contribution in [0.5, 0.6) is 0 Å². The molecule has 0 unspecified atom stereocenters. The monoisotopic (exact) mass is 189 g/mol. The maximum absolute atomic E-state index is 10.4. The maximum atomic E-state index is 10.4. The van der Waals surface area contributed by atoms with Crippen molar-refractivity contribution in [2.75, 3.05) is 0 Å². The molecule has 72 valence electrons. The molecule has 0 aliphatic carbocycles. The summed E-state index contributed by atoms with van der Waals surface area (Å²) in [5.41, 5.74) is 3.67. The predicted octanol–water partition coefficient (Wildman–Crippen LogP) is 2.19. The molecule has 2 aromatic rings. The van der Waals surface area contributed by atoms with Crippen LogP contribution in [0.4, 0.5) is 0 Å². The third kappa shape index (κ3) is 1.41. The molecule has 0 radical (unpaired) electrons. The highest BCUT2D eigenvalue weighted by Gasteiger charge is 2.06. The lowest BCUT2D eigenvalue weighted by Gasteiger charge is -1.97. The molecule has 0 fully saturated rings. The minimum atomic E-state index is 0.427. The molecule has 1 heterocycles. The zero-order chi connectivity index (χ0) is 10.1. The van der Waals surface area contributed by atoms with Crippen molar-refractivity contribution < 1.29 is 9.21 Å². The van der Waals surface area contributed by atoms with Gasteiger partial charge in [0.1, 0.15) is 11.8 Å². The fourth-order valence-electron chi connectivity index (χ4n) is 1.59. The lowest BCUT2D eigenvalue weighted by Crippen LogP contribution is -1.87. The van der Waals surface area contributed by atoms with Crippen LogP contribution in [0.25, 0.3) is 11.1 Å². The largest absolute Gasteiger partial charge is 0.441 e. The van der Waals surface area contributed by atoms with E-state index in [2.05, 4.69) is 4.98 Å². The van der Waals surface area contributed by atoms with E-state index in [0.717, 1.165) is 28.5 Å². The maximum Gasteiger partial charge on any atom is 0.192 e.